The van der Waals surface area contributed by atoms with Crippen LogP contribution >= 0.6 is 23.2 Å². The van der Waals surface area contributed by atoms with Crippen LogP contribution in [0.4, 0.5) is 17.6 Å². The molecule has 1 aromatic carbocycles. The predicted molar refractivity (Wildman–Crippen MR) is 241 cm³/mol. The van der Waals surface area contributed by atoms with Crippen LogP contribution in [0.25, 0.3) is 0 Å². The lowest BCUT2D eigenvalue weighted by Crippen LogP contribution is -2.61. The molecule has 25 heteroatoms. The highest BCUT2D eigenvalue weighted by molar-refractivity contribution is 6.33. The molecule has 1 aromatic heterocycles. The number of carbonyl (C=O) groups is 8. The molecule has 2 saturated heterocycles. The van der Waals surface area contributed by atoms with E-state index < -0.39 is 114 Å². The monoisotopic (exact) mass is 1020 g/mol. The molecule has 2 aliphatic heterocycles. The maximum atomic E-state index is 14.8. The minimum Gasteiger partial charge on any atom is -0.451 e. The third-order valence-corrected chi connectivity index (χ3v) is 12.6. The Hall–Kier alpha value is -5.55. The molecule has 4 rings (SSSR count). The second kappa shape index (κ2) is 24.3. The Bertz CT molecular complexity index is 2180. The molecule has 2 aliphatic rings. The first kappa shape index (κ1) is 56.0. The van der Waals surface area contributed by atoms with E-state index in [2.05, 4.69) is 31.6 Å². The number of carbonyl (C=O) groups excluding carboxylic acids is 8. The zero-order valence-electron chi connectivity index (χ0n) is 39.0. The van der Waals surface area contributed by atoms with Crippen molar-refractivity contribution < 1.29 is 65.4 Å². The van der Waals surface area contributed by atoms with Crippen LogP contribution in [0.3, 0.4) is 0 Å². The summed E-state index contributed by atoms with van der Waals surface area (Å²) in [6.07, 6.45) is -6.19. The van der Waals surface area contributed by atoms with E-state index in [1.54, 1.807) is 19.9 Å². The van der Waals surface area contributed by atoms with Gasteiger partial charge in [0.05, 0.1) is 6.54 Å². The van der Waals surface area contributed by atoms with E-state index in [0.29, 0.717) is 10.6 Å². The number of aliphatic hydroxyl groups is 1. The van der Waals surface area contributed by atoms with Gasteiger partial charge in [-0.1, -0.05) is 37.0 Å². The van der Waals surface area contributed by atoms with Crippen molar-refractivity contribution in [3.05, 3.63) is 52.2 Å². The molecule has 8 atom stereocenters. The summed E-state index contributed by atoms with van der Waals surface area (Å²) in [5.41, 5.74) is -3.65. The zero-order valence-corrected chi connectivity index (χ0v) is 40.5. The number of aromatic nitrogens is 1. The van der Waals surface area contributed by atoms with Gasteiger partial charge in [0, 0.05) is 50.1 Å². The highest BCUT2D eigenvalue weighted by Gasteiger charge is 2.59. The quantitative estimate of drug-likeness (QED) is 0.119. The standard InChI is InChI=1S/C44H59Cl2F4N9O10/c1-23(2)16-30-41(66)58(6)33(18-25-17-26(45)12-13-28(25)46)38(63)54-24(3)35(60)51-14-8-7-11-32(37(62)56-30)57(5)40(65)29(10-9-15-52-36(61)31-21-69-22-53-31)55-39(64)34-19-27(47)20-59(34)42(67)43(4,68)44(48,49)50/h12-13,17,21-24,27,29-30,32-34,68H,7-11,14-16,18-20H2,1-6H3,(H,51,60)(H,52,61)(H,54,63)(H,55,64)(H,56,62)/t24-,27-,29+,30+,32+,33+,34+,43-/m1/s1. The van der Waals surface area contributed by atoms with Crippen LogP contribution in [0.15, 0.2) is 35.3 Å². The Labute approximate surface area is 406 Å². The average Bonchev–Trinajstić information content (AvgIpc) is 3.97. The molecule has 2 aromatic rings. The number of oxazole rings is 1. The number of amides is 8. The number of nitrogens with zero attached hydrogens (tertiary/aromatic N) is 4. The van der Waals surface area contributed by atoms with Crippen molar-refractivity contribution in [2.45, 2.75) is 133 Å². The minimum atomic E-state index is -5.50. The fraction of sp³-hybridized carbons (Fsp3) is 0.614. The van der Waals surface area contributed by atoms with Crippen LogP contribution in [0.1, 0.15) is 88.7 Å². The van der Waals surface area contributed by atoms with Gasteiger partial charge < -0.3 is 50.8 Å². The third-order valence-electron chi connectivity index (χ3n) is 12.0. The zero-order chi connectivity index (χ0) is 51.5. The Morgan fingerprint density at radius 1 is 1.06 bits per heavy atom. The van der Waals surface area contributed by atoms with Gasteiger partial charge in [-0.15, -0.1) is 0 Å². The number of hydrogen-bond acceptors (Lipinski definition) is 11. The van der Waals surface area contributed by atoms with Gasteiger partial charge in [0.1, 0.15) is 48.7 Å². The lowest BCUT2D eigenvalue weighted by molar-refractivity contribution is -0.250. The number of benzene rings is 1. The summed E-state index contributed by atoms with van der Waals surface area (Å²) in [6, 6.07) is -3.94. The lowest BCUT2D eigenvalue weighted by atomic mass is 9.98. The van der Waals surface area contributed by atoms with Crippen LogP contribution in [-0.2, 0) is 40.0 Å². The number of alkyl halides is 4. The summed E-state index contributed by atoms with van der Waals surface area (Å²) < 4.78 is 60.9. The molecular weight excluding hydrogens is 961 g/mol. The number of rotatable bonds is 14. The Morgan fingerprint density at radius 3 is 2.39 bits per heavy atom. The fourth-order valence-corrected chi connectivity index (χ4v) is 8.27. The van der Waals surface area contributed by atoms with Gasteiger partial charge in [-0.25, -0.2) is 9.37 Å². The third kappa shape index (κ3) is 14.7. The molecule has 0 spiro atoms. The first-order valence-corrected chi connectivity index (χ1v) is 23.1. The van der Waals surface area contributed by atoms with E-state index in [4.69, 9.17) is 27.6 Å². The van der Waals surface area contributed by atoms with E-state index in [-0.39, 0.29) is 86.5 Å². The van der Waals surface area contributed by atoms with Crippen LogP contribution in [0, 0.1) is 5.92 Å². The normalized spacial score (nSPS) is 23.6. The smallest absolute Gasteiger partial charge is 0.426 e. The molecule has 19 nitrogen and oxygen atoms in total. The molecule has 0 bridgehead atoms. The first-order chi connectivity index (χ1) is 32.2. The molecule has 0 unspecified atom stereocenters. The number of hydrogen-bond donors (Lipinski definition) is 6. The van der Waals surface area contributed by atoms with Crippen LogP contribution in [0.5, 0.6) is 0 Å². The molecule has 3 heterocycles. The average molecular weight is 1020 g/mol. The molecule has 69 heavy (non-hydrogen) atoms. The van der Waals surface area contributed by atoms with Crippen molar-refractivity contribution in [2.75, 3.05) is 33.7 Å². The van der Waals surface area contributed by atoms with Crippen molar-refractivity contribution in [2.24, 2.45) is 5.92 Å². The van der Waals surface area contributed by atoms with Crippen LogP contribution in [-0.4, -0.2) is 160 Å². The number of halogens is 6. The molecule has 0 radical (unpaired) electrons. The largest absolute Gasteiger partial charge is 0.451 e. The highest BCUT2D eigenvalue weighted by atomic mass is 35.5. The summed E-state index contributed by atoms with van der Waals surface area (Å²) >= 11 is 12.7. The number of nitrogens with one attached hydrogen (secondary N) is 5. The van der Waals surface area contributed by atoms with E-state index >= 15 is 0 Å². The predicted octanol–water partition coefficient (Wildman–Crippen LogP) is 2.46. The van der Waals surface area contributed by atoms with E-state index in [1.807, 2.05) is 0 Å². The SMILES string of the molecule is CC(C)C[C@@H]1NC(=O)[C@@H](N(C)C(=O)[C@H](CCCNC(=O)c2cocn2)NC(=O)[C@@H]2C[C@@H](F)CN2C(=O)[C@@](C)(O)C(F)(F)F)CCCCNC(=O)[C@@H](C)NC(=O)[C@H](Cc2cc(Cl)ccc2Cl)N(C)C1=O. The molecular formula is C44H59Cl2F4N9O10. The summed E-state index contributed by atoms with van der Waals surface area (Å²) in [5, 5.41) is 23.8. The Balaban J connectivity index is 1.68. The summed E-state index contributed by atoms with van der Waals surface area (Å²) in [7, 11) is 2.59. The van der Waals surface area contributed by atoms with Crippen molar-refractivity contribution in [3.63, 3.8) is 0 Å². The van der Waals surface area contributed by atoms with E-state index in [1.165, 1.54) is 33.2 Å². The lowest BCUT2D eigenvalue weighted by Gasteiger charge is -2.35. The summed E-state index contributed by atoms with van der Waals surface area (Å²) in [6.45, 7) is 4.20. The number of likely N-dealkylation sites (tertiary alicyclic amines) is 1. The molecule has 0 aliphatic carbocycles. The molecule has 6 N–H and O–H groups in total. The van der Waals surface area contributed by atoms with Gasteiger partial charge in [0.2, 0.25) is 41.0 Å². The number of likely N-dealkylation sites (N-methyl/N-ethyl adjacent to an activating group) is 2. The fourth-order valence-electron chi connectivity index (χ4n) is 7.88. The molecule has 0 saturated carbocycles. The van der Waals surface area contributed by atoms with Gasteiger partial charge in [0.25, 0.3) is 11.8 Å². The van der Waals surface area contributed by atoms with Crippen molar-refractivity contribution in [3.8, 4) is 0 Å². The van der Waals surface area contributed by atoms with E-state index in [9.17, 15) is 61.0 Å². The molecule has 2 fully saturated rings. The highest BCUT2D eigenvalue weighted by Crippen LogP contribution is 2.34. The summed E-state index contributed by atoms with van der Waals surface area (Å²) in [5.74, 6) is -7.83. The Morgan fingerprint density at radius 2 is 1.75 bits per heavy atom. The van der Waals surface area contributed by atoms with Crippen molar-refractivity contribution in [1.82, 2.24) is 46.3 Å². The molecule has 8 amide bonds. The Kier molecular flexibility index (Phi) is 19.8. The van der Waals surface area contributed by atoms with Gasteiger partial charge in [-0.3, -0.25) is 38.4 Å². The first-order valence-electron chi connectivity index (χ1n) is 22.3. The van der Waals surface area contributed by atoms with Gasteiger partial charge in [-0.2, -0.15) is 13.2 Å². The van der Waals surface area contributed by atoms with Crippen molar-refractivity contribution in [1.29, 1.82) is 0 Å². The topological polar surface area (TPSA) is 253 Å². The second-order valence-corrected chi connectivity index (χ2v) is 18.6. The van der Waals surface area contributed by atoms with Crippen LogP contribution in [0.2, 0.25) is 10.0 Å². The molecule has 382 valence electrons. The van der Waals surface area contributed by atoms with Gasteiger partial charge in [0.15, 0.2) is 12.1 Å². The van der Waals surface area contributed by atoms with Crippen molar-refractivity contribution >= 4 is 70.5 Å². The maximum absolute atomic E-state index is 14.8. The second-order valence-electron chi connectivity index (χ2n) is 17.8. The van der Waals surface area contributed by atoms with E-state index in [0.717, 1.165) is 22.5 Å². The van der Waals surface area contributed by atoms with Crippen LogP contribution < -0.4 is 26.6 Å². The summed E-state index contributed by atoms with van der Waals surface area (Å²) in [4.78, 5) is 116. The van der Waals surface area contributed by atoms with Gasteiger partial charge in [-0.05, 0) is 82.1 Å². The maximum Gasteiger partial charge on any atom is 0.426 e. The van der Waals surface area contributed by atoms with Gasteiger partial charge >= 0.3 is 6.18 Å². The minimum absolute atomic E-state index is 0.0443.